The Labute approximate surface area is 122 Å². The van der Waals surface area contributed by atoms with E-state index < -0.39 is 15.8 Å². The molecular weight excluding hydrogens is 297 g/mol. The number of aromatic nitrogens is 2. The molecule has 2 rings (SSSR count). The summed E-state index contributed by atoms with van der Waals surface area (Å²) < 4.78 is 40.3. The summed E-state index contributed by atoms with van der Waals surface area (Å²) in [4.78, 5) is 0.0484. The topological polar surface area (TPSA) is 75.4 Å². The summed E-state index contributed by atoms with van der Waals surface area (Å²) >= 11 is 0. The number of nitrogens with zero attached hydrogens (tertiary/aromatic N) is 3. The van der Waals surface area contributed by atoms with Crippen LogP contribution in [-0.4, -0.2) is 37.0 Å². The average Bonchev–Trinajstić information content (AvgIpc) is 2.94. The number of hydrogen-bond donors (Lipinski definition) is 1. The second-order valence-electron chi connectivity index (χ2n) is 4.47. The Balaban J connectivity index is 2.24. The Kier molecular flexibility index (Phi) is 4.59. The highest BCUT2D eigenvalue weighted by Crippen LogP contribution is 2.21. The normalized spacial score (nSPS) is 11.6. The maximum atomic E-state index is 12.9. The highest BCUT2D eigenvalue weighted by molar-refractivity contribution is 7.92. The summed E-state index contributed by atoms with van der Waals surface area (Å²) in [7, 11) is -2.35. The number of aliphatic hydroxyl groups is 1. The number of halogens is 1. The smallest absolute Gasteiger partial charge is 0.267 e. The number of aryl methyl sites for hydroxylation is 1. The van der Waals surface area contributed by atoms with Gasteiger partial charge in [0.2, 0.25) is 0 Å². The van der Waals surface area contributed by atoms with Crippen molar-refractivity contribution in [1.29, 1.82) is 0 Å². The van der Waals surface area contributed by atoms with Gasteiger partial charge in [-0.2, -0.15) is 5.10 Å². The van der Waals surface area contributed by atoms with E-state index in [4.69, 9.17) is 5.11 Å². The van der Waals surface area contributed by atoms with E-state index in [2.05, 4.69) is 5.10 Å². The van der Waals surface area contributed by atoms with Crippen molar-refractivity contribution in [3.8, 4) is 0 Å². The maximum Gasteiger partial charge on any atom is 0.267 e. The summed E-state index contributed by atoms with van der Waals surface area (Å²) in [5.41, 5.74) is 0.361. The average molecular weight is 313 g/mol. The van der Waals surface area contributed by atoms with Crippen molar-refractivity contribution in [2.75, 3.05) is 18.0 Å². The summed E-state index contributed by atoms with van der Waals surface area (Å²) in [6.45, 7) is 0.448. The lowest BCUT2D eigenvalue weighted by Crippen LogP contribution is -2.26. The van der Waals surface area contributed by atoms with Crippen LogP contribution in [0, 0.1) is 5.82 Å². The first kappa shape index (κ1) is 15.5. The van der Waals surface area contributed by atoms with Gasteiger partial charge < -0.3 is 5.11 Å². The fourth-order valence-electron chi connectivity index (χ4n) is 1.78. The van der Waals surface area contributed by atoms with Crippen molar-refractivity contribution >= 4 is 15.7 Å². The van der Waals surface area contributed by atoms with Crippen molar-refractivity contribution in [3.63, 3.8) is 0 Å². The van der Waals surface area contributed by atoms with Gasteiger partial charge in [0, 0.05) is 26.4 Å². The second kappa shape index (κ2) is 6.23. The van der Waals surface area contributed by atoms with Crippen molar-refractivity contribution in [2.45, 2.75) is 17.9 Å². The predicted molar refractivity (Wildman–Crippen MR) is 75.9 cm³/mol. The Morgan fingerprint density at radius 1 is 1.33 bits per heavy atom. The van der Waals surface area contributed by atoms with Crippen LogP contribution >= 0.6 is 0 Å². The van der Waals surface area contributed by atoms with Crippen molar-refractivity contribution < 1.29 is 17.9 Å². The lowest BCUT2D eigenvalue weighted by molar-refractivity contribution is 0.277. The molecule has 21 heavy (non-hydrogen) atoms. The van der Waals surface area contributed by atoms with E-state index in [-0.39, 0.29) is 11.5 Å². The van der Waals surface area contributed by atoms with Gasteiger partial charge in [-0.1, -0.05) is 0 Å². The molecule has 6 nitrogen and oxygen atoms in total. The molecule has 1 heterocycles. The SMILES string of the molecule is CN(c1ccc(F)cc1)S(=O)(=O)c1cnn(CCCO)c1. The second-order valence-corrected chi connectivity index (χ2v) is 6.43. The molecule has 0 saturated heterocycles. The summed E-state index contributed by atoms with van der Waals surface area (Å²) in [6.07, 6.45) is 3.16. The molecule has 0 saturated carbocycles. The predicted octanol–water partition coefficient (Wildman–Crippen LogP) is 1.23. The van der Waals surface area contributed by atoms with E-state index in [9.17, 15) is 12.8 Å². The first-order chi connectivity index (χ1) is 9.95. The molecule has 0 radical (unpaired) electrons. The number of hydrogen-bond acceptors (Lipinski definition) is 4. The molecule has 0 unspecified atom stereocenters. The molecule has 114 valence electrons. The molecule has 0 bridgehead atoms. The van der Waals surface area contributed by atoms with Gasteiger partial charge in [0.25, 0.3) is 10.0 Å². The van der Waals surface area contributed by atoms with Crippen LogP contribution in [0.3, 0.4) is 0 Å². The van der Waals surface area contributed by atoms with Crippen LogP contribution in [0.15, 0.2) is 41.6 Å². The lowest BCUT2D eigenvalue weighted by atomic mass is 10.3. The van der Waals surface area contributed by atoms with Crippen molar-refractivity contribution in [1.82, 2.24) is 9.78 Å². The van der Waals surface area contributed by atoms with Gasteiger partial charge >= 0.3 is 0 Å². The van der Waals surface area contributed by atoms with E-state index in [1.807, 2.05) is 0 Å². The third kappa shape index (κ3) is 3.40. The number of anilines is 1. The van der Waals surface area contributed by atoms with Gasteiger partial charge in [0.15, 0.2) is 0 Å². The fourth-order valence-corrected chi connectivity index (χ4v) is 2.93. The molecule has 0 atom stereocenters. The van der Waals surface area contributed by atoms with Crippen LogP contribution < -0.4 is 4.31 Å². The van der Waals surface area contributed by atoms with Gasteiger partial charge in [0.1, 0.15) is 10.7 Å². The molecule has 2 aromatic rings. The zero-order valence-electron chi connectivity index (χ0n) is 11.5. The minimum absolute atomic E-state index is 0.0113. The lowest BCUT2D eigenvalue weighted by Gasteiger charge is -2.18. The standard InChI is InChI=1S/C13H16FN3O3S/c1-16(12-5-3-11(14)4-6-12)21(19,20)13-9-15-17(10-13)7-2-8-18/h3-6,9-10,18H,2,7-8H2,1H3. The zero-order chi connectivity index (χ0) is 15.5. The number of rotatable bonds is 6. The van der Waals surface area contributed by atoms with E-state index in [1.165, 1.54) is 48.4 Å². The third-order valence-corrected chi connectivity index (χ3v) is 4.74. The minimum atomic E-state index is -3.74. The molecule has 8 heteroatoms. The molecule has 1 aromatic carbocycles. The Morgan fingerprint density at radius 2 is 2.00 bits per heavy atom. The molecule has 0 aliphatic rings. The van der Waals surface area contributed by atoms with Gasteiger partial charge in [0.05, 0.1) is 11.9 Å². The molecule has 0 spiro atoms. The van der Waals surface area contributed by atoms with Crippen LogP contribution in [-0.2, 0) is 16.6 Å². The summed E-state index contributed by atoms with van der Waals surface area (Å²) in [5, 5.41) is 12.7. The highest BCUT2D eigenvalue weighted by atomic mass is 32.2. The molecule has 0 amide bonds. The Bertz CT molecular complexity index is 698. The molecule has 1 N–H and O–H groups in total. The van der Waals surface area contributed by atoms with Crippen LogP contribution in [0.5, 0.6) is 0 Å². The van der Waals surface area contributed by atoms with Crippen molar-refractivity contribution in [2.24, 2.45) is 0 Å². The highest BCUT2D eigenvalue weighted by Gasteiger charge is 2.23. The third-order valence-electron chi connectivity index (χ3n) is 3.00. The van der Waals surface area contributed by atoms with E-state index in [1.54, 1.807) is 0 Å². The molecule has 0 aliphatic carbocycles. The van der Waals surface area contributed by atoms with Crippen molar-refractivity contribution in [3.05, 3.63) is 42.5 Å². The van der Waals surface area contributed by atoms with E-state index in [0.29, 0.717) is 18.7 Å². The fraction of sp³-hybridized carbons (Fsp3) is 0.308. The summed E-state index contributed by atoms with van der Waals surface area (Å²) in [5.74, 6) is -0.429. The van der Waals surface area contributed by atoms with E-state index >= 15 is 0 Å². The number of aliphatic hydroxyl groups excluding tert-OH is 1. The van der Waals surface area contributed by atoms with Gasteiger partial charge in [-0.25, -0.2) is 12.8 Å². The zero-order valence-corrected chi connectivity index (χ0v) is 12.3. The van der Waals surface area contributed by atoms with Gasteiger partial charge in [-0.15, -0.1) is 0 Å². The maximum absolute atomic E-state index is 12.9. The largest absolute Gasteiger partial charge is 0.396 e. The minimum Gasteiger partial charge on any atom is -0.396 e. The molecule has 0 aliphatic heterocycles. The molecule has 1 aromatic heterocycles. The Morgan fingerprint density at radius 3 is 2.62 bits per heavy atom. The van der Waals surface area contributed by atoms with Crippen LogP contribution in [0.1, 0.15) is 6.42 Å². The van der Waals surface area contributed by atoms with Crippen LogP contribution in [0.4, 0.5) is 10.1 Å². The first-order valence-electron chi connectivity index (χ1n) is 6.33. The van der Waals surface area contributed by atoms with Gasteiger partial charge in [-0.3, -0.25) is 8.99 Å². The molecule has 0 fully saturated rings. The van der Waals surface area contributed by atoms with Crippen LogP contribution in [0.2, 0.25) is 0 Å². The number of benzene rings is 1. The van der Waals surface area contributed by atoms with Crippen LogP contribution in [0.25, 0.3) is 0 Å². The Hall–Kier alpha value is -1.93. The monoisotopic (exact) mass is 313 g/mol. The number of sulfonamides is 1. The summed E-state index contributed by atoms with van der Waals surface area (Å²) in [6, 6.07) is 5.18. The first-order valence-corrected chi connectivity index (χ1v) is 7.77. The van der Waals surface area contributed by atoms with Gasteiger partial charge in [-0.05, 0) is 30.7 Å². The quantitative estimate of drug-likeness (QED) is 0.870. The molecular formula is C13H16FN3O3S. The van der Waals surface area contributed by atoms with E-state index in [0.717, 1.165) is 4.31 Å².